The molecule has 0 bridgehead atoms. The third kappa shape index (κ3) is 4.55. The highest BCUT2D eigenvalue weighted by molar-refractivity contribution is 5.76. The summed E-state index contributed by atoms with van der Waals surface area (Å²) < 4.78 is 0. The summed E-state index contributed by atoms with van der Waals surface area (Å²) in [4.78, 5) is 16.6. The SMILES string of the molecule is C[C@@H]1C[C@@H](N(C)C(=O)CCCN)CCN1Cc1ccccc1. The van der Waals surface area contributed by atoms with Crippen molar-refractivity contribution in [2.24, 2.45) is 5.73 Å². The molecule has 1 amide bonds. The molecule has 0 aromatic heterocycles. The number of nitrogens with two attached hydrogens (primary N) is 1. The van der Waals surface area contributed by atoms with Crippen molar-refractivity contribution in [2.45, 2.75) is 51.2 Å². The van der Waals surface area contributed by atoms with Crippen LogP contribution in [0, 0.1) is 0 Å². The molecule has 0 aliphatic carbocycles. The van der Waals surface area contributed by atoms with Gasteiger partial charge in [0.05, 0.1) is 0 Å². The number of benzene rings is 1. The van der Waals surface area contributed by atoms with Crippen LogP contribution in [0.1, 0.15) is 38.2 Å². The first-order valence-electron chi connectivity index (χ1n) is 8.35. The molecule has 4 nitrogen and oxygen atoms in total. The van der Waals surface area contributed by atoms with Crippen LogP contribution in [-0.2, 0) is 11.3 Å². The minimum absolute atomic E-state index is 0.235. The number of amides is 1. The monoisotopic (exact) mass is 303 g/mol. The van der Waals surface area contributed by atoms with Crippen LogP contribution in [0.5, 0.6) is 0 Å². The van der Waals surface area contributed by atoms with E-state index < -0.39 is 0 Å². The minimum atomic E-state index is 0.235. The lowest BCUT2D eigenvalue weighted by molar-refractivity contribution is -0.133. The maximum atomic E-state index is 12.1. The molecule has 0 saturated carbocycles. The lowest BCUT2D eigenvalue weighted by atomic mass is 9.96. The molecule has 1 saturated heterocycles. The molecule has 1 fully saturated rings. The van der Waals surface area contributed by atoms with Crippen molar-refractivity contribution in [3.8, 4) is 0 Å². The molecule has 1 aliphatic heterocycles. The van der Waals surface area contributed by atoms with E-state index in [0.717, 1.165) is 32.4 Å². The van der Waals surface area contributed by atoms with Crippen LogP contribution in [0.25, 0.3) is 0 Å². The standard InChI is InChI=1S/C18H29N3O/c1-15-13-17(20(2)18(22)9-6-11-19)10-12-21(15)14-16-7-4-3-5-8-16/h3-5,7-8,15,17H,6,9-14,19H2,1-2H3/t15-,17+/m1/s1. The summed E-state index contributed by atoms with van der Waals surface area (Å²) in [7, 11) is 1.95. The van der Waals surface area contributed by atoms with Crippen molar-refractivity contribution in [3.63, 3.8) is 0 Å². The highest BCUT2D eigenvalue weighted by atomic mass is 16.2. The molecule has 0 spiro atoms. The molecule has 0 radical (unpaired) electrons. The molecule has 2 N–H and O–H groups in total. The van der Waals surface area contributed by atoms with Crippen LogP contribution < -0.4 is 5.73 Å². The molecular weight excluding hydrogens is 274 g/mol. The number of hydrogen-bond acceptors (Lipinski definition) is 3. The van der Waals surface area contributed by atoms with Crippen molar-refractivity contribution in [3.05, 3.63) is 35.9 Å². The molecule has 1 aliphatic rings. The van der Waals surface area contributed by atoms with E-state index in [9.17, 15) is 4.79 Å². The van der Waals surface area contributed by atoms with E-state index in [1.54, 1.807) is 0 Å². The Morgan fingerprint density at radius 1 is 1.36 bits per heavy atom. The maximum Gasteiger partial charge on any atom is 0.222 e. The summed E-state index contributed by atoms with van der Waals surface area (Å²) in [6.45, 7) is 4.91. The Labute approximate surface area is 134 Å². The second kappa shape index (κ2) is 8.30. The maximum absolute atomic E-state index is 12.1. The number of nitrogens with zero attached hydrogens (tertiary/aromatic N) is 2. The molecule has 0 unspecified atom stereocenters. The van der Waals surface area contributed by atoms with Gasteiger partial charge in [-0.2, -0.15) is 0 Å². The Bertz CT molecular complexity index is 463. The topological polar surface area (TPSA) is 49.6 Å². The van der Waals surface area contributed by atoms with Crippen molar-refractivity contribution in [1.82, 2.24) is 9.80 Å². The van der Waals surface area contributed by atoms with Gasteiger partial charge in [-0.05, 0) is 38.3 Å². The van der Waals surface area contributed by atoms with Gasteiger partial charge in [-0.25, -0.2) is 0 Å². The number of likely N-dealkylation sites (tertiary alicyclic amines) is 1. The first kappa shape index (κ1) is 17.0. The molecule has 1 heterocycles. The van der Waals surface area contributed by atoms with Gasteiger partial charge in [-0.3, -0.25) is 9.69 Å². The van der Waals surface area contributed by atoms with Crippen LogP contribution in [0.2, 0.25) is 0 Å². The number of hydrogen-bond donors (Lipinski definition) is 1. The van der Waals surface area contributed by atoms with E-state index in [1.807, 2.05) is 11.9 Å². The van der Waals surface area contributed by atoms with Crippen molar-refractivity contribution in [1.29, 1.82) is 0 Å². The molecule has 1 aromatic rings. The third-order valence-electron chi connectivity index (χ3n) is 4.75. The van der Waals surface area contributed by atoms with Gasteiger partial charge in [0.2, 0.25) is 5.91 Å². The zero-order valence-electron chi connectivity index (χ0n) is 13.9. The Morgan fingerprint density at radius 2 is 2.09 bits per heavy atom. The quantitative estimate of drug-likeness (QED) is 0.877. The fraction of sp³-hybridized carbons (Fsp3) is 0.611. The highest BCUT2D eigenvalue weighted by Crippen LogP contribution is 2.23. The van der Waals surface area contributed by atoms with Gasteiger partial charge < -0.3 is 10.6 Å². The number of piperidine rings is 1. The third-order valence-corrected chi connectivity index (χ3v) is 4.75. The van der Waals surface area contributed by atoms with Gasteiger partial charge in [0, 0.05) is 38.6 Å². The first-order valence-corrected chi connectivity index (χ1v) is 8.35. The molecule has 4 heteroatoms. The summed E-state index contributed by atoms with van der Waals surface area (Å²) >= 11 is 0. The van der Waals surface area contributed by atoms with Gasteiger partial charge in [0.1, 0.15) is 0 Å². The Morgan fingerprint density at radius 3 is 2.73 bits per heavy atom. The van der Waals surface area contributed by atoms with Crippen LogP contribution in [0.3, 0.4) is 0 Å². The van der Waals surface area contributed by atoms with E-state index in [0.29, 0.717) is 25.0 Å². The number of carbonyl (C=O) groups is 1. The largest absolute Gasteiger partial charge is 0.343 e. The average molecular weight is 303 g/mol. The summed E-state index contributed by atoms with van der Waals surface area (Å²) in [6, 6.07) is 11.5. The molecule has 122 valence electrons. The van der Waals surface area contributed by atoms with E-state index in [1.165, 1.54) is 5.56 Å². The predicted octanol–water partition coefficient (Wildman–Crippen LogP) is 2.24. The van der Waals surface area contributed by atoms with Crippen LogP contribution >= 0.6 is 0 Å². The van der Waals surface area contributed by atoms with Crippen molar-refractivity contribution in [2.75, 3.05) is 20.1 Å². The minimum Gasteiger partial charge on any atom is -0.343 e. The van der Waals surface area contributed by atoms with Gasteiger partial charge >= 0.3 is 0 Å². The Hall–Kier alpha value is -1.39. The number of rotatable bonds is 6. The normalized spacial score (nSPS) is 22.5. The van der Waals surface area contributed by atoms with Crippen LogP contribution in [0.4, 0.5) is 0 Å². The van der Waals surface area contributed by atoms with Crippen LogP contribution in [-0.4, -0.2) is 47.9 Å². The summed E-state index contributed by atoms with van der Waals surface area (Å²) in [5, 5.41) is 0. The molecular formula is C18H29N3O. The lowest BCUT2D eigenvalue weighted by Crippen LogP contribution is -2.49. The second-order valence-electron chi connectivity index (χ2n) is 6.38. The first-order chi connectivity index (χ1) is 10.6. The van der Waals surface area contributed by atoms with Gasteiger partial charge in [0.25, 0.3) is 0 Å². The molecule has 1 aromatic carbocycles. The number of carbonyl (C=O) groups excluding carboxylic acids is 1. The van der Waals surface area contributed by atoms with Crippen molar-refractivity contribution >= 4 is 5.91 Å². The second-order valence-corrected chi connectivity index (χ2v) is 6.38. The summed E-state index contributed by atoms with van der Waals surface area (Å²) in [6.07, 6.45) is 3.47. The zero-order chi connectivity index (χ0) is 15.9. The summed E-state index contributed by atoms with van der Waals surface area (Å²) in [5.74, 6) is 0.235. The van der Waals surface area contributed by atoms with E-state index in [4.69, 9.17) is 5.73 Å². The lowest BCUT2D eigenvalue weighted by Gasteiger charge is -2.41. The van der Waals surface area contributed by atoms with Gasteiger partial charge in [0.15, 0.2) is 0 Å². The van der Waals surface area contributed by atoms with Crippen molar-refractivity contribution < 1.29 is 4.79 Å². The Balaban J connectivity index is 1.85. The molecule has 22 heavy (non-hydrogen) atoms. The smallest absolute Gasteiger partial charge is 0.222 e. The Kier molecular flexibility index (Phi) is 6.40. The fourth-order valence-electron chi connectivity index (χ4n) is 3.23. The summed E-state index contributed by atoms with van der Waals surface area (Å²) in [5.41, 5.74) is 6.85. The highest BCUT2D eigenvalue weighted by Gasteiger charge is 2.29. The van der Waals surface area contributed by atoms with Gasteiger partial charge in [-0.15, -0.1) is 0 Å². The predicted molar refractivity (Wildman–Crippen MR) is 90.4 cm³/mol. The van der Waals surface area contributed by atoms with Crippen LogP contribution in [0.15, 0.2) is 30.3 Å². The van der Waals surface area contributed by atoms with E-state index in [2.05, 4.69) is 42.2 Å². The molecule has 2 atom stereocenters. The molecule has 2 rings (SSSR count). The van der Waals surface area contributed by atoms with E-state index in [-0.39, 0.29) is 5.91 Å². The zero-order valence-corrected chi connectivity index (χ0v) is 13.9. The van der Waals surface area contributed by atoms with E-state index >= 15 is 0 Å². The average Bonchev–Trinajstić information content (AvgIpc) is 2.54. The fourth-order valence-corrected chi connectivity index (χ4v) is 3.23. The van der Waals surface area contributed by atoms with Gasteiger partial charge in [-0.1, -0.05) is 30.3 Å².